The molecule has 0 aromatic rings. The quantitative estimate of drug-likeness (QED) is 0.484. The molecule has 1 saturated heterocycles. The van der Waals surface area contributed by atoms with Crippen LogP contribution >= 0.6 is 59.7 Å². The highest BCUT2D eigenvalue weighted by Gasteiger charge is 2.41. The van der Waals surface area contributed by atoms with E-state index in [1.807, 2.05) is 39.5 Å². The van der Waals surface area contributed by atoms with Gasteiger partial charge in [0.15, 0.2) is 0 Å². The molecule has 0 spiro atoms. The summed E-state index contributed by atoms with van der Waals surface area (Å²) in [5.74, 6) is 0. The number of rotatable bonds is 4. The zero-order valence-electron chi connectivity index (χ0n) is 13.2. The Labute approximate surface area is 156 Å². The maximum Gasteiger partial charge on any atom is 0.220 e. The Morgan fingerprint density at radius 1 is 1.05 bits per heavy atom. The monoisotopic (exact) mass is 394 g/mol. The van der Waals surface area contributed by atoms with Gasteiger partial charge in [-0.05, 0) is 58.6 Å². The van der Waals surface area contributed by atoms with Gasteiger partial charge in [-0.3, -0.25) is 0 Å². The summed E-state index contributed by atoms with van der Waals surface area (Å²) >= 11 is 16.1. The second-order valence-electron chi connectivity index (χ2n) is 5.83. The molecule has 0 saturated carbocycles. The SMILES string of the molecule is CC(C)OC(=S)SC1C=CC2SC1CC2SC(=S)OC(C)C. The van der Waals surface area contributed by atoms with Crippen LogP contribution in [0.2, 0.25) is 0 Å². The summed E-state index contributed by atoms with van der Waals surface area (Å²) < 4.78 is 12.5. The van der Waals surface area contributed by atoms with Crippen LogP contribution in [0.4, 0.5) is 0 Å². The summed E-state index contributed by atoms with van der Waals surface area (Å²) in [6.45, 7) is 8.03. The van der Waals surface area contributed by atoms with Crippen LogP contribution < -0.4 is 0 Å². The van der Waals surface area contributed by atoms with Crippen molar-refractivity contribution in [3.8, 4) is 0 Å². The normalized spacial score (nSPS) is 29.9. The molecule has 2 aliphatic rings. The molecule has 2 aliphatic heterocycles. The van der Waals surface area contributed by atoms with E-state index in [0.29, 0.717) is 29.8 Å². The van der Waals surface area contributed by atoms with Gasteiger partial charge in [0, 0.05) is 21.0 Å². The van der Waals surface area contributed by atoms with Crippen LogP contribution in [-0.2, 0) is 9.47 Å². The molecule has 2 heterocycles. The Bertz CT molecular complexity index is 449. The molecule has 124 valence electrons. The Hall–Kier alpha value is 0.570. The van der Waals surface area contributed by atoms with Crippen LogP contribution in [0.3, 0.4) is 0 Å². The highest BCUT2D eigenvalue weighted by Crippen LogP contribution is 2.49. The predicted octanol–water partition coefficient (Wildman–Crippen LogP) is 5.05. The van der Waals surface area contributed by atoms with E-state index in [1.54, 1.807) is 23.5 Å². The molecular weight excluding hydrogens is 372 g/mol. The van der Waals surface area contributed by atoms with Gasteiger partial charge in [-0.15, -0.1) is 11.8 Å². The zero-order valence-corrected chi connectivity index (χ0v) is 17.3. The van der Waals surface area contributed by atoms with Crippen LogP contribution in [0.5, 0.6) is 0 Å². The Balaban J connectivity index is 1.86. The van der Waals surface area contributed by atoms with Crippen LogP contribution in [0.25, 0.3) is 0 Å². The largest absolute Gasteiger partial charge is 0.476 e. The smallest absolute Gasteiger partial charge is 0.220 e. The highest BCUT2D eigenvalue weighted by molar-refractivity contribution is 8.24. The maximum absolute atomic E-state index is 5.61. The van der Waals surface area contributed by atoms with Gasteiger partial charge in [0.2, 0.25) is 8.77 Å². The zero-order chi connectivity index (χ0) is 16.3. The number of thiocarbonyl (C=S) groups is 2. The molecule has 4 unspecified atom stereocenters. The molecule has 22 heavy (non-hydrogen) atoms. The van der Waals surface area contributed by atoms with E-state index in [4.69, 9.17) is 33.9 Å². The molecule has 0 amide bonds. The van der Waals surface area contributed by atoms with Crippen molar-refractivity contribution >= 4 is 68.5 Å². The van der Waals surface area contributed by atoms with E-state index >= 15 is 0 Å². The minimum atomic E-state index is 0.144. The molecule has 7 heteroatoms. The summed E-state index contributed by atoms with van der Waals surface area (Å²) in [6.07, 6.45) is 6.03. The van der Waals surface area contributed by atoms with Crippen molar-refractivity contribution in [3.05, 3.63) is 12.2 Å². The van der Waals surface area contributed by atoms with Crippen molar-refractivity contribution in [3.63, 3.8) is 0 Å². The van der Waals surface area contributed by atoms with Crippen LogP contribution in [-0.4, -0.2) is 42.0 Å². The first-order valence-electron chi connectivity index (χ1n) is 7.43. The number of fused-ring (bicyclic) bond motifs is 2. The third kappa shape index (κ3) is 5.58. The lowest BCUT2D eigenvalue weighted by Crippen LogP contribution is -2.20. The minimum absolute atomic E-state index is 0.144. The molecule has 1 fully saturated rings. The van der Waals surface area contributed by atoms with Gasteiger partial charge in [-0.1, -0.05) is 35.7 Å². The van der Waals surface area contributed by atoms with E-state index in [0.717, 1.165) is 6.42 Å². The van der Waals surface area contributed by atoms with Gasteiger partial charge in [0.1, 0.15) is 0 Å². The van der Waals surface area contributed by atoms with Crippen molar-refractivity contribution in [2.75, 3.05) is 0 Å². The maximum atomic E-state index is 5.61. The lowest BCUT2D eigenvalue weighted by atomic mass is 10.2. The summed E-state index contributed by atoms with van der Waals surface area (Å²) in [6, 6.07) is 0. The molecule has 2 nitrogen and oxygen atoms in total. The highest BCUT2D eigenvalue weighted by atomic mass is 32.2. The van der Waals surface area contributed by atoms with Gasteiger partial charge in [0.25, 0.3) is 0 Å². The topological polar surface area (TPSA) is 18.5 Å². The second-order valence-corrected chi connectivity index (χ2v) is 10.9. The van der Waals surface area contributed by atoms with Gasteiger partial charge < -0.3 is 9.47 Å². The third-order valence-electron chi connectivity index (χ3n) is 3.16. The molecule has 4 atom stereocenters. The molecule has 0 radical (unpaired) electrons. The van der Waals surface area contributed by atoms with E-state index in [1.165, 1.54) is 0 Å². The lowest BCUT2D eigenvalue weighted by Gasteiger charge is -2.23. The van der Waals surface area contributed by atoms with E-state index in [9.17, 15) is 0 Å². The average molecular weight is 395 g/mol. The van der Waals surface area contributed by atoms with Crippen molar-refractivity contribution < 1.29 is 9.47 Å². The fourth-order valence-corrected chi connectivity index (χ4v) is 7.63. The predicted molar refractivity (Wildman–Crippen MR) is 109 cm³/mol. The lowest BCUT2D eigenvalue weighted by molar-refractivity contribution is 0.242. The summed E-state index contributed by atoms with van der Waals surface area (Å²) in [4.78, 5) is 0. The minimum Gasteiger partial charge on any atom is -0.476 e. The van der Waals surface area contributed by atoms with Crippen LogP contribution in [0.15, 0.2) is 12.2 Å². The standard InChI is InChI=1S/C15H22O2S5/c1-8(2)16-14(18)21-11-6-5-10-13(7-12(11)20-10)22-15(19)17-9(3)4/h5-6,8-13H,7H2,1-4H3. The van der Waals surface area contributed by atoms with Gasteiger partial charge in [-0.25, -0.2) is 0 Å². The molecule has 0 aromatic heterocycles. The second kappa shape index (κ2) is 8.60. The summed E-state index contributed by atoms with van der Waals surface area (Å²) in [7, 11) is 0. The van der Waals surface area contributed by atoms with E-state index < -0.39 is 0 Å². The fraction of sp³-hybridized carbons (Fsp3) is 0.733. The van der Waals surface area contributed by atoms with Crippen molar-refractivity contribution in [2.24, 2.45) is 0 Å². The molecular formula is C15H22O2S5. The number of hydrogen-bond acceptors (Lipinski definition) is 7. The molecule has 2 bridgehead atoms. The Morgan fingerprint density at radius 2 is 1.64 bits per heavy atom. The molecule has 0 aromatic carbocycles. The van der Waals surface area contributed by atoms with Gasteiger partial charge in [0.05, 0.1) is 12.2 Å². The van der Waals surface area contributed by atoms with Gasteiger partial charge >= 0.3 is 0 Å². The number of thioether (sulfide) groups is 3. The Kier molecular flexibility index (Phi) is 7.39. The Morgan fingerprint density at radius 3 is 2.23 bits per heavy atom. The first-order chi connectivity index (χ1) is 10.3. The van der Waals surface area contributed by atoms with E-state index in [2.05, 4.69) is 12.2 Å². The van der Waals surface area contributed by atoms with Crippen molar-refractivity contribution in [1.29, 1.82) is 0 Å². The van der Waals surface area contributed by atoms with Crippen molar-refractivity contribution in [2.45, 2.75) is 67.3 Å². The number of hydrogen-bond donors (Lipinski definition) is 0. The molecule has 0 N–H and O–H groups in total. The van der Waals surface area contributed by atoms with Crippen LogP contribution in [0, 0.1) is 0 Å². The fourth-order valence-electron chi connectivity index (χ4n) is 2.34. The third-order valence-corrected chi connectivity index (χ3v) is 8.04. The first kappa shape index (κ1) is 18.9. The summed E-state index contributed by atoms with van der Waals surface area (Å²) in [5.41, 5.74) is 0. The average Bonchev–Trinajstić information content (AvgIpc) is 2.68. The number of ether oxygens (including phenoxy) is 2. The van der Waals surface area contributed by atoms with Crippen LogP contribution in [0.1, 0.15) is 34.1 Å². The van der Waals surface area contributed by atoms with Crippen molar-refractivity contribution in [1.82, 2.24) is 0 Å². The van der Waals surface area contributed by atoms with Gasteiger partial charge in [-0.2, -0.15) is 0 Å². The summed E-state index contributed by atoms with van der Waals surface area (Å²) in [5, 5.41) is 2.01. The molecule has 2 rings (SSSR count). The molecule has 0 aliphatic carbocycles. The van der Waals surface area contributed by atoms with E-state index in [-0.39, 0.29) is 12.2 Å². The first-order valence-corrected chi connectivity index (χ1v) is 11.0.